The first kappa shape index (κ1) is 13.7. The average molecular weight is 259 g/mol. The summed E-state index contributed by atoms with van der Waals surface area (Å²) in [5, 5.41) is 0.0767. The molecule has 0 aliphatic heterocycles. The van der Waals surface area contributed by atoms with Crippen molar-refractivity contribution in [1.29, 1.82) is 0 Å². The second-order valence-corrected chi connectivity index (χ2v) is 3.84. The predicted molar refractivity (Wildman–Crippen MR) is 65.0 cm³/mol. The Balaban J connectivity index is 2.66. The molecule has 0 saturated heterocycles. The van der Waals surface area contributed by atoms with Gasteiger partial charge in [-0.1, -0.05) is 11.6 Å². The van der Waals surface area contributed by atoms with E-state index in [4.69, 9.17) is 26.8 Å². The topological polar surface area (TPSA) is 74.4 Å². The second-order valence-electron chi connectivity index (χ2n) is 3.48. The fourth-order valence-electron chi connectivity index (χ4n) is 1.17. The highest BCUT2D eigenvalue weighted by Crippen LogP contribution is 2.17. The zero-order chi connectivity index (χ0) is 12.8. The highest BCUT2D eigenvalue weighted by molar-refractivity contribution is 6.32. The van der Waals surface area contributed by atoms with Gasteiger partial charge in [0.15, 0.2) is 0 Å². The third-order valence-corrected chi connectivity index (χ3v) is 2.25. The van der Waals surface area contributed by atoms with Crippen LogP contribution in [0, 0.1) is 0 Å². The van der Waals surface area contributed by atoms with E-state index >= 15 is 0 Å². The summed E-state index contributed by atoms with van der Waals surface area (Å²) < 4.78 is 10.3. The molecular weight excluding hydrogens is 244 g/mol. The number of nitrogen functional groups attached to an aromatic ring is 1. The molecule has 0 spiro atoms. The smallest absolute Gasteiger partial charge is 0.341 e. The van der Waals surface area contributed by atoms with Crippen molar-refractivity contribution in [2.45, 2.75) is 20.0 Å². The van der Waals surface area contributed by atoms with Crippen molar-refractivity contribution in [3.05, 3.63) is 23.0 Å². The van der Waals surface area contributed by atoms with E-state index in [1.807, 2.05) is 6.92 Å². The van der Waals surface area contributed by atoms with Gasteiger partial charge in [-0.3, -0.25) is 0 Å². The van der Waals surface area contributed by atoms with Gasteiger partial charge in [-0.15, -0.1) is 0 Å². The molecule has 17 heavy (non-hydrogen) atoms. The van der Waals surface area contributed by atoms with Crippen molar-refractivity contribution in [1.82, 2.24) is 4.98 Å². The lowest BCUT2D eigenvalue weighted by atomic mass is 10.2. The summed E-state index contributed by atoms with van der Waals surface area (Å²) in [4.78, 5) is 15.5. The number of halogens is 1. The maximum Gasteiger partial charge on any atom is 0.341 e. The Morgan fingerprint density at radius 2 is 2.35 bits per heavy atom. The van der Waals surface area contributed by atoms with Gasteiger partial charge in [0, 0.05) is 6.61 Å². The number of nitrogens with two attached hydrogens (primary N) is 1. The molecule has 0 fully saturated rings. The third-order valence-electron chi connectivity index (χ3n) is 1.95. The van der Waals surface area contributed by atoms with E-state index in [0.717, 1.165) is 0 Å². The van der Waals surface area contributed by atoms with E-state index in [1.165, 1.54) is 12.3 Å². The molecule has 0 aliphatic carbocycles. The minimum Gasteiger partial charge on any atom is -0.457 e. The molecule has 1 unspecified atom stereocenters. The van der Waals surface area contributed by atoms with Crippen LogP contribution in [-0.4, -0.2) is 30.3 Å². The SMILES string of the molecule is CCOCC(C)OC(=O)c1cc(N)cnc1Cl. The first-order chi connectivity index (χ1) is 8.04. The molecule has 0 radical (unpaired) electrons. The summed E-state index contributed by atoms with van der Waals surface area (Å²) >= 11 is 5.78. The van der Waals surface area contributed by atoms with Gasteiger partial charge in [0.2, 0.25) is 0 Å². The monoisotopic (exact) mass is 258 g/mol. The van der Waals surface area contributed by atoms with Gasteiger partial charge in [-0.25, -0.2) is 9.78 Å². The molecular formula is C11H15ClN2O3. The predicted octanol–water partition coefficient (Wildman–Crippen LogP) is 1.90. The molecule has 0 amide bonds. The van der Waals surface area contributed by atoms with Gasteiger partial charge in [-0.2, -0.15) is 0 Å². The number of carbonyl (C=O) groups excluding carboxylic acids is 1. The van der Waals surface area contributed by atoms with Crippen LogP contribution in [-0.2, 0) is 9.47 Å². The number of carbonyl (C=O) groups is 1. The number of aromatic nitrogens is 1. The summed E-state index contributed by atoms with van der Waals surface area (Å²) in [5.74, 6) is -0.554. The lowest BCUT2D eigenvalue weighted by molar-refractivity contribution is 0.00438. The van der Waals surface area contributed by atoms with Crippen LogP contribution in [0.2, 0.25) is 5.15 Å². The van der Waals surface area contributed by atoms with E-state index < -0.39 is 5.97 Å². The Bertz CT molecular complexity index is 398. The standard InChI is InChI=1S/C11H15ClN2O3/c1-3-16-6-7(2)17-11(15)9-4-8(13)5-14-10(9)12/h4-5,7H,3,6,13H2,1-2H3. The summed E-state index contributed by atoms with van der Waals surface area (Å²) in [6.07, 6.45) is 1.03. The molecule has 1 heterocycles. The molecule has 0 bridgehead atoms. The average Bonchev–Trinajstić information content (AvgIpc) is 2.29. The number of esters is 1. The van der Waals surface area contributed by atoms with Crippen molar-refractivity contribution >= 4 is 23.3 Å². The number of hydrogen-bond donors (Lipinski definition) is 1. The molecule has 0 aliphatic rings. The zero-order valence-corrected chi connectivity index (χ0v) is 10.5. The first-order valence-electron chi connectivity index (χ1n) is 5.24. The largest absolute Gasteiger partial charge is 0.457 e. The van der Waals surface area contributed by atoms with E-state index in [0.29, 0.717) is 18.9 Å². The fourth-order valence-corrected chi connectivity index (χ4v) is 1.35. The van der Waals surface area contributed by atoms with E-state index in [2.05, 4.69) is 4.98 Å². The highest BCUT2D eigenvalue weighted by Gasteiger charge is 2.16. The van der Waals surface area contributed by atoms with Gasteiger partial charge >= 0.3 is 5.97 Å². The molecule has 2 N–H and O–H groups in total. The van der Waals surface area contributed by atoms with E-state index in [-0.39, 0.29) is 16.8 Å². The molecule has 0 aromatic carbocycles. The normalized spacial score (nSPS) is 12.2. The molecule has 94 valence electrons. The lowest BCUT2D eigenvalue weighted by Crippen LogP contribution is -2.21. The molecule has 0 saturated carbocycles. The van der Waals surface area contributed by atoms with Gasteiger partial charge in [0.1, 0.15) is 11.3 Å². The Hall–Kier alpha value is -1.33. The van der Waals surface area contributed by atoms with Crippen LogP contribution in [0.15, 0.2) is 12.3 Å². The Morgan fingerprint density at radius 1 is 1.65 bits per heavy atom. The van der Waals surface area contributed by atoms with Crippen LogP contribution in [0.25, 0.3) is 0 Å². The van der Waals surface area contributed by atoms with Crippen LogP contribution >= 0.6 is 11.6 Å². The van der Waals surface area contributed by atoms with Crippen LogP contribution in [0.3, 0.4) is 0 Å². The number of anilines is 1. The number of nitrogens with zero attached hydrogens (tertiary/aromatic N) is 1. The van der Waals surface area contributed by atoms with Crippen LogP contribution < -0.4 is 5.73 Å². The Kier molecular flexibility index (Phi) is 5.18. The summed E-state index contributed by atoms with van der Waals surface area (Å²) in [7, 11) is 0. The van der Waals surface area contributed by atoms with Crippen molar-refractivity contribution in [3.63, 3.8) is 0 Å². The Morgan fingerprint density at radius 3 is 3.00 bits per heavy atom. The van der Waals surface area contributed by atoms with E-state index in [1.54, 1.807) is 6.92 Å². The minimum atomic E-state index is -0.554. The van der Waals surface area contributed by atoms with Crippen LogP contribution in [0.4, 0.5) is 5.69 Å². The van der Waals surface area contributed by atoms with Gasteiger partial charge < -0.3 is 15.2 Å². The third kappa shape index (κ3) is 4.20. The molecule has 1 aromatic heterocycles. The number of ether oxygens (including phenoxy) is 2. The van der Waals surface area contributed by atoms with Crippen LogP contribution in [0.5, 0.6) is 0 Å². The molecule has 5 nitrogen and oxygen atoms in total. The molecule has 1 aromatic rings. The van der Waals surface area contributed by atoms with Crippen molar-refractivity contribution in [2.24, 2.45) is 0 Å². The highest BCUT2D eigenvalue weighted by atomic mass is 35.5. The summed E-state index contributed by atoms with van der Waals surface area (Å²) in [5.41, 5.74) is 6.04. The maximum absolute atomic E-state index is 11.7. The lowest BCUT2D eigenvalue weighted by Gasteiger charge is -2.13. The van der Waals surface area contributed by atoms with Crippen molar-refractivity contribution in [2.75, 3.05) is 18.9 Å². The number of rotatable bonds is 5. The minimum absolute atomic E-state index is 0.0767. The summed E-state index contributed by atoms with van der Waals surface area (Å²) in [6, 6.07) is 1.44. The van der Waals surface area contributed by atoms with Crippen molar-refractivity contribution < 1.29 is 14.3 Å². The fraction of sp³-hybridized carbons (Fsp3) is 0.455. The molecule has 1 rings (SSSR count). The van der Waals surface area contributed by atoms with Gasteiger partial charge in [0.05, 0.1) is 24.1 Å². The maximum atomic E-state index is 11.7. The zero-order valence-electron chi connectivity index (χ0n) is 9.77. The van der Waals surface area contributed by atoms with Gasteiger partial charge in [0.25, 0.3) is 0 Å². The molecule has 6 heteroatoms. The Labute approximate surface area is 105 Å². The van der Waals surface area contributed by atoms with Crippen molar-refractivity contribution in [3.8, 4) is 0 Å². The first-order valence-corrected chi connectivity index (χ1v) is 5.62. The summed E-state index contributed by atoms with van der Waals surface area (Å²) in [6.45, 7) is 4.52. The number of pyridine rings is 1. The van der Waals surface area contributed by atoms with Gasteiger partial charge in [-0.05, 0) is 19.9 Å². The quantitative estimate of drug-likeness (QED) is 0.645. The molecule has 1 atom stereocenters. The van der Waals surface area contributed by atoms with E-state index in [9.17, 15) is 4.79 Å². The number of hydrogen-bond acceptors (Lipinski definition) is 5. The second kappa shape index (κ2) is 6.42. The van der Waals surface area contributed by atoms with Crippen LogP contribution in [0.1, 0.15) is 24.2 Å².